The number of aromatic nitrogens is 2. The molecule has 0 saturated carbocycles. The number of anilines is 1. The van der Waals surface area contributed by atoms with E-state index >= 15 is 0 Å². The van der Waals surface area contributed by atoms with E-state index in [0.717, 1.165) is 6.20 Å². The number of halogens is 2. The van der Waals surface area contributed by atoms with Crippen LogP contribution in [0.3, 0.4) is 0 Å². The van der Waals surface area contributed by atoms with E-state index in [-0.39, 0.29) is 16.0 Å². The van der Waals surface area contributed by atoms with Crippen molar-refractivity contribution in [2.75, 3.05) is 5.32 Å². The van der Waals surface area contributed by atoms with Crippen molar-refractivity contribution in [3.05, 3.63) is 57.3 Å². The molecule has 0 atom stereocenters. The number of rotatable bonds is 5. The SMILES string of the molecule is Cc1cc(Cl)nc(N/C=C(\C(=O)O)S(=O)(=O)c2ccc(Cl)cc2)n1. The van der Waals surface area contributed by atoms with E-state index in [4.69, 9.17) is 23.2 Å². The zero-order valence-electron chi connectivity index (χ0n) is 12.2. The predicted molar refractivity (Wildman–Crippen MR) is 89.8 cm³/mol. The van der Waals surface area contributed by atoms with Crippen molar-refractivity contribution in [1.82, 2.24) is 9.97 Å². The summed E-state index contributed by atoms with van der Waals surface area (Å²) in [5, 5.41) is 12.1. The molecule has 126 valence electrons. The highest BCUT2D eigenvalue weighted by Gasteiger charge is 2.27. The van der Waals surface area contributed by atoms with Crippen molar-refractivity contribution in [3.63, 3.8) is 0 Å². The topological polar surface area (TPSA) is 109 Å². The summed E-state index contributed by atoms with van der Waals surface area (Å²) in [6.07, 6.45) is 0.803. The van der Waals surface area contributed by atoms with Gasteiger partial charge in [0, 0.05) is 16.9 Å². The van der Waals surface area contributed by atoms with E-state index < -0.39 is 20.7 Å². The molecule has 0 radical (unpaired) electrons. The molecule has 10 heteroatoms. The molecule has 0 aliphatic carbocycles. The van der Waals surface area contributed by atoms with Gasteiger partial charge in [-0.2, -0.15) is 0 Å². The molecule has 0 spiro atoms. The zero-order chi connectivity index (χ0) is 17.9. The molecule has 2 rings (SSSR count). The van der Waals surface area contributed by atoms with Crippen LogP contribution >= 0.6 is 23.2 Å². The van der Waals surface area contributed by atoms with Crippen molar-refractivity contribution in [2.24, 2.45) is 0 Å². The average molecular weight is 388 g/mol. The maximum Gasteiger partial charge on any atom is 0.349 e. The minimum atomic E-state index is -4.26. The van der Waals surface area contributed by atoms with Crippen molar-refractivity contribution < 1.29 is 18.3 Å². The molecule has 7 nitrogen and oxygen atoms in total. The highest BCUT2D eigenvalue weighted by molar-refractivity contribution is 7.96. The van der Waals surface area contributed by atoms with Gasteiger partial charge in [0.2, 0.25) is 15.8 Å². The predicted octanol–water partition coefficient (Wildman–Crippen LogP) is 2.90. The number of aryl methyl sites for hydroxylation is 1. The first kappa shape index (κ1) is 18.2. The fourth-order valence-electron chi connectivity index (χ4n) is 1.72. The number of nitrogens with one attached hydrogen (secondary N) is 1. The highest BCUT2D eigenvalue weighted by Crippen LogP contribution is 2.21. The molecule has 0 aliphatic heterocycles. The molecule has 0 amide bonds. The summed E-state index contributed by atoms with van der Waals surface area (Å²) in [4.78, 5) is 18.1. The van der Waals surface area contributed by atoms with Crippen LogP contribution in [-0.2, 0) is 14.6 Å². The van der Waals surface area contributed by atoms with Crippen LogP contribution in [0.2, 0.25) is 10.2 Å². The summed E-state index contributed by atoms with van der Waals surface area (Å²) in [6, 6.07) is 6.64. The van der Waals surface area contributed by atoms with E-state index in [1.165, 1.54) is 30.3 Å². The van der Waals surface area contributed by atoms with Crippen LogP contribution in [0, 0.1) is 6.92 Å². The Labute approximate surface area is 147 Å². The van der Waals surface area contributed by atoms with Crippen LogP contribution in [0.1, 0.15) is 5.69 Å². The minimum absolute atomic E-state index is 0.0231. The molecule has 0 aliphatic rings. The van der Waals surface area contributed by atoms with Crippen LogP contribution < -0.4 is 5.32 Å². The molecule has 0 saturated heterocycles. The second kappa shape index (κ2) is 7.16. The van der Waals surface area contributed by atoms with E-state index in [1.54, 1.807) is 6.92 Å². The van der Waals surface area contributed by atoms with E-state index in [2.05, 4.69) is 15.3 Å². The maximum absolute atomic E-state index is 12.4. The third kappa shape index (κ3) is 4.22. The summed E-state index contributed by atoms with van der Waals surface area (Å²) in [6.45, 7) is 1.66. The third-order valence-electron chi connectivity index (χ3n) is 2.78. The molecule has 24 heavy (non-hydrogen) atoms. The summed E-state index contributed by atoms with van der Waals surface area (Å²) in [5.74, 6) is -1.65. The Morgan fingerprint density at radius 1 is 1.21 bits per heavy atom. The number of benzene rings is 1. The second-order valence-corrected chi connectivity index (χ2v) is 7.31. The molecule has 0 bridgehead atoms. The van der Waals surface area contributed by atoms with Crippen molar-refractivity contribution in [3.8, 4) is 0 Å². The van der Waals surface area contributed by atoms with E-state index in [0.29, 0.717) is 10.7 Å². The first-order valence-electron chi connectivity index (χ1n) is 6.42. The zero-order valence-corrected chi connectivity index (χ0v) is 14.5. The van der Waals surface area contributed by atoms with Crippen LogP contribution in [0.4, 0.5) is 5.95 Å². The second-order valence-electron chi connectivity index (χ2n) is 4.57. The van der Waals surface area contributed by atoms with Gasteiger partial charge in [0.05, 0.1) is 4.90 Å². The monoisotopic (exact) mass is 387 g/mol. The summed E-state index contributed by atoms with van der Waals surface area (Å²) in [7, 11) is -4.26. The Bertz CT molecular complexity index is 892. The number of hydrogen-bond acceptors (Lipinski definition) is 6. The number of nitrogens with zero attached hydrogens (tertiary/aromatic N) is 2. The van der Waals surface area contributed by atoms with Gasteiger partial charge in [0.15, 0.2) is 4.91 Å². The van der Waals surface area contributed by atoms with Crippen LogP contribution in [-0.4, -0.2) is 29.5 Å². The lowest BCUT2D eigenvalue weighted by atomic mass is 10.4. The molecular weight excluding hydrogens is 377 g/mol. The van der Waals surface area contributed by atoms with E-state index in [1.807, 2.05) is 0 Å². The number of carboxylic acid groups (broad SMARTS) is 1. The normalized spacial score (nSPS) is 12.0. The van der Waals surface area contributed by atoms with Gasteiger partial charge in [-0.3, -0.25) is 0 Å². The Morgan fingerprint density at radius 3 is 2.38 bits per heavy atom. The van der Waals surface area contributed by atoms with Gasteiger partial charge >= 0.3 is 5.97 Å². The molecule has 1 aromatic heterocycles. The molecule has 2 N–H and O–H groups in total. The van der Waals surface area contributed by atoms with Gasteiger partial charge in [0.25, 0.3) is 0 Å². The Balaban J connectivity index is 2.41. The standard InChI is InChI=1S/C14H11Cl2N3O4S/c1-8-6-12(16)19-14(18-8)17-7-11(13(20)21)24(22,23)10-4-2-9(15)3-5-10/h2-7H,1H3,(H,20,21)(H,17,18,19)/b11-7+. The lowest BCUT2D eigenvalue weighted by Gasteiger charge is -2.07. The number of carbonyl (C=O) groups is 1. The van der Waals surface area contributed by atoms with Gasteiger partial charge in [-0.25, -0.2) is 23.2 Å². The van der Waals surface area contributed by atoms with Gasteiger partial charge in [-0.1, -0.05) is 23.2 Å². The molecule has 1 aromatic carbocycles. The van der Waals surface area contributed by atoms with Crippen LogP contribution in [0.15, 0.2) is 46.3 Å². The summed E-state index contributed by atoms with van der Waals surface area (Å²) >= 11 is 11.5. The van der Waals surface area contributed by atoms with Crippen LogP contribution in [0.25, 0.3) is 0 Å². The molecular formula is C14H11Cl2N3O4S. The first-order valence-corrected chi connectivity index (χ1v) is 8.66. The number of sulfone groups is 1. The molecule has 0 fully saturated rings. The maximum atomic E-state index is 12.4. The molecule has 2 aromatic rings. The molecule has 1 heterocycles. The quantitative estimate of drug-likeness (QED) is 0.599. The van der Waals surface area contributed by atoms with Crippen molar-refractivity contribution in [1.29, 1.82) is 0 Å². The van der Waals surface area contributed by atoms with Crippen LogP contribution in [0.5, 0.6) is 0 Å². The van der Waals surface area contributed by atoms with Gasteiger partial charge < -0.3 is 10.4 Å². The van der Waals surface area contributed by atoms with Gasteiger partial charge in [-0.05, 0) is 37.3 Å². The van der Waals surface area contributed by atoms with Gasteiger partial charge in [0.1, 0.15) is 5.15 Å². The van der Waals surface area contributed by atoms with Gasteiger partial charge in [-0.15, -0.1) is 0 Å². The Hall–Kier alpha value is -2.16. The number of hydrogen-bond donors (Lipinski definition) is 2. The molecule has 0 unspecified atom stereocenters. The number of carboxylic acids is 1. The minimum Gasteiger partial charge on any atom is -0.477 e. The Morgan fingerprint density at radius 2 is 1.83 bits per heavy atom. The first-order chi connectivity index (χ1) is 11.2. The lowest BCUT2D eigenvalue weighted by molar-refractivity contribution is -0.131. The van der Waals surface area contributed by atoms with E-state index in [9.17, 15) is 18.3 Å². The highest BCUT2D eigenvalue weighted by atomic mass is 35.5. The van der Waals surface area contributed by atoms with Crippen molar-refractivity contribution in [2.45, 2.75) is 11.8 Å². The van der Waals surface area contributed by atoms with Crippen molar-refractivity contribution >= 4 is 45.0 Å². The Kier molecular flexibility index (Phi) is 5.43. The lowest BCUT2D eigenvalue weighted by Crippen LogP contribution is -2.15. The average Bonchev–Trinajstić information content (AvgIpc) is 2.46. The summed E-state index contributed by atoms with van der Waals surface area (Å²) in [5.41, 5.74) is 0.531. The largest absolute Gasteiger partial charge is 0.477 e. The smallest absolute Gasteiger partial charge is 0.349 e. The number of aliphatic carboxylic acids is 1. The fourth-order valence-corrected chi connectivity index (χ4v) is 3.28. The fraction of sp³-hybridized carbons (Fsp3) is 0.0714. The third-order valence-corrected chi connectivity index (χ3v) is 4.99. The summed E-state index contributed by atoms with van der Waals surface area (Å²) < 4.78 is 24.9.